The molecule has 7 heteroatoms. The van der Waals surface area contributed by atoms with Crippen molar-refractivity contribution in [2.24, 2.45) is 5.92 Å². The molecule has 0 spiro atoms. The second-order valence-corrected chi connectivity index (χ2v) is 7.69. The Balaban J connectivity index is 1.84. The van der Waals surface area contributed by atoms with Gasteiger partial charge in [-0.15, -0.1) is 0 Å². The molecule has 0 bridgehead atoms. The monoisotopic (exact) mass is 335 g/mol. The Kier molecular flexibility index (Phi) is 3.97. The van der Waals surface area contributed by atoms with Gasteiger partial charge in [0.15, 0.2) is 9.84 Å². The number of fused-ring (bicyclic) bond motifs is 1. The van der Waals surface area contributed by atoms with E-state index in [2.05, 4.69) is 0 Å². The number of carbonyl (C=O) groups excluding carboxylic acids is 2. The van der Waals surface area contributed by atoms with Crippen LogP contribution in [0.2, 0.25) is 0 Å². The van der Waals surface area contributed by atoms with Gasteiger partial charge in [-0.25, -0.2) is 13.2 Å². The lowest BCUT2D eigenvalue weighted by Crippen LogP contribution is -2.44. The number of allylic oxidation sites excluding steroid dienone is 1. The highest BCUT2D eigenvalue weighted by molar-refractivity contribution is 7.94. The van der Waals surface area contributed by atoms with Crippen LogP contribution in [0.5, 0.6) is 0 Å². The van der Waals surface area contributed by atoms with Crippen molar-refractivity contribution in [3.05, 3.63) is 41.3 Å². The summed E-state index contributed by atoms with van der Waals surface area (Å²) in [5.41, 5.74) is 1.60. The Labute approximate surface area is 134 Å². The summed E-state index contributed by atoms with van der Waals surface area (Å²) in [5.74, 6) is -1.14. The average Bonchev–Trinajstić information content (AvgIpc) is 3.06. The van der Waals surface area contributed by atoms with E-state index in [9.17, 15) is 18.0 Å². The third-order valence-electron chi connectivity index (χ3n) is 4.16. The van der Waals surface area contributed by atoms with E-state index in [0.29, 0.717) is 12.1 Å². The lowest BCUT2D eigenvalue weighted by atomic mass is 10.1. The van der Waals surface area contributed by atoms with Gasteiger partial charge in [-0.05, 0) is 11.6 Å². The van der Waals surface area contributed by atoms with E-state index >= 15 is 0 Å². The topological polar surface area (TPSA) is 80.8 Å². The molecular formula is C16H17NO5S. The number of para-hydroxylation sites is 1. The first-order valence-corrected chi connectivity index (χ1v) is 9.01. The molecule has 1 aromatic carbocycles. The molecule has 3 rings (SSSR count). The number of carbonyl (C=O) groups is 2. The Bertz CT molecular complexity index is 783. The number of esters is 1. The second kappa shape index (κ2) is 5.81. The van der Waals surface area contributed by atoms with Crippen LogP contribution in [0, 0.1) is 5.92 Å². The summed E-state index contributed by atoms with van der Waals surface area (Å²) in [6, 6.07) is 6.63. The molecule has 0 fully saturated rings. The summed E-state index contributed by atoms with van der Waals surface area (Å²) >= 11 is 0. The standard InChI is InChI=1S/C16H17NO5S/c1-22-16(19)14-9-12-4-2-3-5-13(12)17(14)15(18)8-11-6-7-23(20,21)10-11/h2-7,11,14H,8-10H2,1H3/t11-,14-/m0/s1. The summed E-state index contributed by atoms with van der Waals surface area (Å²) in [6.45, 7) is 0. The predicted molar refractivity (Wildman–Crippen MR) is 84.5 cm³/mol. The molecule has 6 nitrogen and oxygen atoms in total. The van der Waals surface area contributed by atoms with Gasteiger partial charge in [-0.1, -0.05) is 24.3 Å². The number of rotatable bonds is 3. The first kappa shape index (κ1) is 15.7. The molecule has 1 amide bonds. The van der Waals surface area contributed by atoms with E-state index in [0.717, 1.165) is 11.0 Å². The van der Waals surface area contributed by atoms with Crippen molar-refractivity contribution < 1.29 is 22.7 Å². The summed E-state index contributed by atoms with van der Waals surface area (Å²) in [5, 5.41) is 1.15. The lowest BCUT2D eigenvalue weighted by Gasteiger charge is -2.24. The molecule has 2 heterocycles. The third kappa shape index (κ3) is 3.01. The first-order chi connectivity index (χ1) is 10.9. The van der Waals surface area contributed by atoms with E-state index in [-0.39, 0.29) is 24.0 Å². The van der Waals surface area contributed by atoms with Crippen molar-refractivity contribution in [2.45, 2.75) is 18.9 Å². The van der Waals surface area contributed by atoms with Gasteiger partial charge in [0, 0.05) is 29.9 Å². The van der Waals surface area contributed by atoms with Gasteiger partial charge >= 0.3 is 5.97 Å². The fourth-order valence-electron chi connectivity index (χ4n) is 3.11. The number of hydrogen-bond donors (Lipinski definition) is 0. The van der Waals surface area contributed by atoms with Gasteiger partial charge in [0.25, 0.3) is 0 Å². The number of hydrogen-bond acceptors (Lipinski definition) is 5. The second-order valence-electron chi connectivity index (χ2n) is 5.76. The van der Waals surface area contributed by atoms with E-state index in [4.69, 9.17) is 4.74 Å². The molecule has 0 saturated heterocycles. The summed E-state index contributed by atoms with van der Waals surface area (Å²) in [4.78, 5) is 26.2. The SMILES string of the molecule is COC(=O)[C@@H]1Cc2ccccc2N1C(=O)C[C@@H]1C=CS(=O)(=O)C1. The number of benzene rings is 1. The third-order valence-corrected chi connectivity index (χ3v) is 5.62. The van der Waals surface area contributed by atoms with Gasteiger partial charge < -0.3 is 4.74 Å². The molecule has 122 valence electrons. The maximum absolute atomic E-state index is 12.7. The Morgan fingerprint density at radius 2 is 2.04 bits per heavy atom. The van der Waals surface area contributed by atoms with Gasteiger partial charge in [0.1, 0.15) is 6.04 Å². The van der Waals surface area contributed by atoms with Crippen LogP contribution in [0.1, 0.15) is 12.0 Å². The summed E-state index contributed by atoms with van der Waals surface area (Å²) in [7, 11) is -1.91. The van der Waals surface area contributed by atoms with Crippen LogP contribution in [-0.4, -0.2) is 39.2 Å². The van der Waals surface area contributed by atoms with Crippen molar-refractivity contribution >= 4 is 27.4 Å². The molecule has 0 saturated carbocycles. The Morgan fingerprint density at radius 1 is 1.30 bits per heavy atom. The van der Waals surface area contributed by atoms with Gasteiger partial charge in [0.2, 0.25) is 5.91 Å². The molecule has 0 N–H and O–H groups in total. The minimum Gasteiger partial charge on any atom is -0.467 e. The number of nitrogens with zero attached hydrogens (tertiary/aromatic N) is 1. The van der Waals surface area contributed by atoms with Crippen LogP contribution < -0.4 is 4.90 Å². The van der Waals surface area contributed by atoms with Gasteiger partial charge in [-0.2, -0.15) is 0 Å². The van der Waals surface area contributed by atoms with Crippen LogP contribution in [0.3, 0.4) is 0 Å². The molecule has 0 aliphatic carbocycles. The van der Waals surface area contributed by atoms with Crippen molar-refractivity contribution in [2.75, 3.05) is 17.8 Å². The Morgan fingerprint density at radius 3 is 2.70 bits per heavy atom. The maximum Gasteiger partial charge on any atom is 0.329 e. The van der Waals surface area contributed by atoms with Crippen LogP contribution >= 0.6 is 0 Å². The molecule has 1 aromatic rings. The van der Waals surface area contributed by atoms with E-state index in [1.54, 1.807) is 18.2 Å². The molecule has 0 unspecified atom stereocenters. The van der Waals surface area contributed by atoms with Gasteiger partial charge in [0.05, 0.1) is 12.9 Å². The molecule has 0 radical (unpaired) electrons. The minimum atomic E-state index is -3.20. The largest absolute Gasteiger partial charge is 0.467 e. The van der Waals surface area contributed by atoms with E-state index < -0.39 is 21.8 Å². The van der Waals surface area contributed by atoms with Crippen LogP contribution in [0.25, 0.3) is 0 Å². The van der Waals surface area contributed by atoms with E-state index in [1.165, 1.54) is 12.0 Å². The van der Waals surface area contributed by atoms with E-state index in [1.807, 2.05) is 12.1 Å². The van der Waals surface area contributed by atoms with Crippen LogP contribution in [0.4, 0.5) is 5.69 Å². The van der Waals surface area contributed by atoms with Crippen molar-refractivity contribution in [1.82, 2.24) is 0 Å². The van der Waals surface area contributed by atoms with Crippen molar-refractivity contribution in [3.63, 3.8) is 0 Å². The molecule has 0 aromatic heterocycles. The fraction of sp³-hybridized carbons (Fsp3) is 0.375. The smallest absolute Gasteiger partial charge is 0.329 e. The summed E-state index contributed by atoms with van der Waals surface area (Å²) in [6.07, 6.45) is 2.01. The zero-order chi connectivity index (χ0) is 16.6. The highest BCUT2D eigenvalue weighted by Crippen LogP contribution is 2.34. The zero-order valence-corrected chi connectivity index (χ0v) is 13.5. The normalized spacial score (nSPS) is 24.5. The first-order valence-electron chi connectivity index (χ1n) is 7.30. The predicted octanol–water partition coefficient (Wildman–Crippen LogP) is 1.07. The van der Waals surface area contributed by atoms with Crippen molar-refractivity contribution in [1.29, 1.82) is 0 Å². The summed E-state index contributed by atoms with van der Waals surface area (Å²) < 4.78 is 27.8. The molecular weight excluding hydrogens is 318 g/mol. The number of ether oxygens (including phenoxy) is 1. The fourth-order valence-corrected chi connectivity index (χ4v) is 4.51. The van der Waals surface area contributed by atoms with Crippen molar-refractivity contribution in [3.8, 4) is 0 Å². The highest BCUT2D eigenvalue weighted by atomic mass is 32.2. The maximum atomic E-state index is 12.7. The minimum absolute atomic E-state index is 0.0531. The van der Waals surface area contributed by atoms with Gasteiger partial charge in [-0.3, -0.25) is 9.69 Å². The molecule has 2 atom stereocenters. The zero-order valence-electron chi connectivity index (χ0n) is 12.6. The number of methoxy groups -OCH3 is 1. The number of sulfone groups is 1. The Hall–Kier alpha value is -2.15. The average molecular weight is 335 g/mol. The number of amides is 1. The molecule has 2 aliphatic rings. The quantitative estimate of drug-likeness (QED) is 0.772. The molecule has 2 aliphatic heterocycles. The number of anilines is 1. The van der Waals surface area contributed by atoms with Crippen LogP contribution in [-0.2, 0) is 30.6 Å². The highest BCUT2D eigenvalue weighted by Gasteiger charge is 2.39. The molecule has 23 heavy (non-hydrogen) atoms. The lowest BCUT2D eigenvalue weighted by molar-refractivity contribution is -0.143. The van der Waals surface area contributed by atoms with Crippen LogP contribution in [0.15, 0.2) is 35.7 Å².